The number of fused-ring (bicyclic) bond motifs is 1. The van der Waals surface area contributed by atoms with E-state index in [0.29, 0.717) is 18.7 Å². The molecule has 46 heavy (non-hydrogen) atoms. The van der Waals surface area contributed by atoms with Crippen LogP contribution in [0.3, 0.4) is 0 Å². The number of primary amides is 1. The van der Waals surface area contributed by atoms with Crippen LogP contribution in [0.1, 0.15) is 50.3 Å². The van der Waals surface area contributed by atoms with Gasteiger partial charge in [0.05, 0.1) is 18.2 Å². The number of nitrogens with two attached hydrogens (primary N) is 3. The van der Waals surface area contributed by atoms with Crippen molar-refractivity contribution in [2.24, 2.45) is 11.5 Å². The largest absolute Gasteiger partial charge is 0.494 e. The highest BCUT2D eigenvalue weighted by Crippen LogP contribution is 2.34. The van der Waals surface area contributed by atoms with Crippen molar-refractivity contribution >= 4 is 56.2 Å². The molecule has 0 radical (unpaired) electrons. The number of hydrogen-bond acceptors (Lipinski definition) is 8. The van der Waals surface area contributed by atoms with Gasteiger partial charge in [0.15, 0.2) is 0 Å². The third kappa shape index (κ3) is 7.74. The molecule has 3 aromatic carbocycles. The minimum Gasteiger partial charge on any atom is -0.494 e. The third-order valence-electron chi connectivity index (χ3n) is 7.79. The van der Waals surface area contributed by atoms with E-state index in [9.17, 15) is 14.4 Å². The Kier molecular flexibility index (Phi) is 10.7. The summed E-state index contributed by atoms with van der Waals surface area (Å²) in [5.74, 6) is -1.43. The number of carbonyl (C=O) groups is 3. The summed E-state index contributed by atoms with van der Waals surface area (Å²) in [6, 6.07) is 22.3. The highest BCUT2D eigenvalue weighted by molar-refractivity contribution is 7.17. The van der Waals surface area contributed by atoms with Crippen molar-refractivity contribution in [1.29, 1.82) is 0 Å². The second kappa shape index (κ2) is 15.0. The summed E-state index contributed by atoms with van der Waals surface area (Å²) in [5.41, 5.74) is 22.1. The Morgan fingerprint density at radius 2 is 1.54 bits per heavy atom. The van der Waals surface area contributed by atoms with Crippen molar-refractivity contribution in [2.75, 3.05) is 12.3 Å². The number of carbonyl (C=O) groups excluding carboxylic acids is 3. The predicted octanol–water partition coefficient (Wildman–Crippen LogP) is 4.87. The average Bonchev–Trinajstić information content (AvgIpc) is 3.66. The van der Waals surface area contributed by atoms with Crippen molar-refractivity contribution < 1.29 is 19.1 Å². The summed E-state index contributed by atoms with van der Waals surface area (Å²) in [4.78, 5) is 40.2. The summed E-state index contributed by atoms with van der Waals surface area (Å²) in [6.07, 6.45) is 0.565. The fourth-order valence-electron chi connectivity index (χ4n) is 5.31. The first-order valence-electron chi connectivity index (χ1n) is 15.0. The first-order chi connectivity index (χ1) is 22.3. The molecule has 2 heterocycles. The maximum Gasteiger partial charge on any atom is 0.260 e. The number of amides is 3. The topological polar surface area (TPSA) is 163 Å². The van der Waals surface area contributed by atoms with Gasteiger partial charge in [-0.05, 0) is 75.5 Å². The molecule has 0 unspecified atom stereocenters. The Bertz CT molecular complexity index is 1820. The van der Waals surface area contributed by atoms with Crippen LogP contribution in [0, 0.1) is 0 Å². The molecule has 9 nitrogen and oxygen atoms in total. The Balaban J connectivity index is 1.43. The monoisotopic (exact) mass is 655 g/mol. The molecule has 0 saturated carbocycles. The SMILES string of the molecule is CCOc1ccc(C[C@@H](C(=O)N[C@@H](Cc2csc3ccccc23)C(=O)NCc2ccc(CN)cc2)c2csc(C(N)=O)c2N)cc1. The molecule has 0 aliphatic rings. The molecule has 3 amide bonds. The van der Waals surface area contributed by atoms with Crippen molar-refractivity contribution in [3.8, 4) is 5.75 Å². The molecule has 0 aliphatic heterocycles. The molecule has 0 bridgehead atoms. The van der Waals surface area contributed by atoms with Gasteiger partial charge in [-0.15, -0.1) is 22.7 Å². The molecule has 2 aromatic heterocycles. The van der Waals surface area contributed by atoms with Gasteiger partial charge in [0, 0.05) is 24.2 Å². The van der Waals surface area contributed by atoms with E-state index >= 15 is 0 Å². The molecule has 238 valence electrons. The molecular weight excluding hydrogens is 619 g/mol. The lowest BCUT2D eigenvalue weighted by molar-refractivity contribution is -0.129. The summed E-state index contributed by atoms with van der Waals surface area (Å²) in [7, 11) is 0. The second-order valence-electron chi connectivity index (χ2n) is 10.9. The third-order valence-corrected chi connectivity index (χ3v) is 9.83. The minimum absolute atomic E-state index is 0.175. The van der Waals surface area contributed by atoms with Crippen LogP contribution in [-0.2, 0) is 35.5 Å². The van der Waals surface area contributed by atoms with Crippen LogP contribution in [0.25, 0.3) is 10.1 Å². The number of thiophene rings is 2. The van der Waals surface area contributed by atoms with E-state index in [-0.39, 0.29) is 41.8 Å². The lowest BCUT2D eigenvalue weighted by Crippen LogP contribution is -2.49. The van der Waals surface area contributed by atoms with Gasteiger partial charge >= 0.3 is 0 Å². The Labute approximate surface area is 275 Å². The molecule has 0 aliphatic carbocycles. The van der Waals surface area contributed by atoms with E-state index in [4.69, 9.17) is 21.9 Å². The maximum absolute atomic E-state index is 14.2. The summed E-state index contributed by atoms with van der Waals surface area (Å²) >= 11 is 2.70. The number of hydrogen-bond donors (Lipinski definition) is 5. The van der Waals surface area contributed by atoms with Crippen molar-refractivity contribution in [1.82, 2.24) is 10.6 Å². The number of anilines is 1. The van der Waals surface area contributed by atoms with Crippen molar-refractivity contribution in [3.05, 3.63) is 116 Å². The fourth-order valence-corrected chi connectivity index (χ4v) is 7.18. The zero-order valence-corrected chi connectivity index (χ0v) is 27.1. The predicted molar refractivity (Wildman–Crippen MR) is 185 cm³/mol. The smallest absolute Gasteiger partial charge is 0.260 e. The molecule has 0 spiro atoms. The highest BCUT2D eigenvalue weighted by Gasteiger charge is 2.31. The van der Waals surface area contributed by atoms with Crippen LogP contribution >= 0.6 is 22.7 Å². The van der Waals surface area contributed by atoms with Gasteiger partial charge in [-0.2, -0.15) is 0 Å². The molecule has 0 fully saturated rings. The van der Waals surface area contributed by atoms with Crippen molar-refractivity contribution in [3.63, 3.8) is 0 Å². The molecule has 2 atom stereocenters. The van der Waals surface area contributed by atoms with E-state index in [1.165, 1.54) is 0 Å². The molecule has 5 rings (SSSR count). The molecular formula is C35H37N5O4S2. The lowest BCUT2D eigenvalue weighted by atomic mass is 9.91. The summed E-state index contributed by atoms with van der Waals surface area (Å²) < 4.78 is 6.67. The standard InChI is InChI=1S/C35H37N5O4S2/c1-2-44-25-13-11-21(12-14-25)15-27(28-20-46-32(31(28)37)33(38)41)34(42)40-29(16-24-19-45-30-6-4-3-5-26(24)30)35(43)39-18-23-9-7-22(17-36)8-10-23/h3-14,19-20,27,29H,2,15-18,36-37H2,1H3,(H2,38,41)(H,39,43)(H,40,42)/t27-,29+/m1/s1. The quantitative estimate of drug-likeness (QED) is 0.115. The van der Waals surface area contributed by atoms with E-state index < -0.39 is 17.9 Å². The zero-order chi connectivity index (χ0) is 32.6. The molecule has 11 heteroatoms. The minimum atomic E-state index is -0.882. The van der Waals surface area contributed by atoms with Crippen molar-refractivity contribution in [2.45, 2.75) is 44.8 Å². The normalized spacial score (nSPS) is 12.4. The zero-order valence-electron chi connectivity index (χ0n) is 25.5. The van der Waals surface area contributed by atoms with E-state index in [1.807, 2.05) is 85.1 Å². The Morgan fingerprint density at radius 3 is 2.22 bits per heavy atom. The highest BCUT2D eigenvalue weighted by atomic mass is 32.1. The van der Waals surface area contributed by atoms with E-state index in [2.05, 4.69) is 10.6 Å². The number of rotatable bonds is 14. The van der Waals surface area contributed by atoms with Crippen LogP contribution in [0.15, 0.2) is 83.6 Å². The van der Waals surface area contributed by atoms with Gasteiger partial charge in [-0.3, -0.25) is 14.4 Å². The van der Waals surface area contributed by atoms with Crippen LogP contribution in [-0.4, -0.2) is 30.4 Å². The first kappa shape index (κ1) is 32.7. The number of nitrogen functional groups attached to an aromatic ring is 1. The summed E-state index contributed by atoms with van der Waals surface area (Å²) in [5, 5.41) is 10.8. The van der Waals surface area contributed by atoms with Crippen LogP contribution in [0.2, 0.25) is 0 Å². The fraction of sp³-hybridized carbons (Fsp3) is 0.229. The Morgan fingerprint density at radius 1 is 0.848 bits per heavy atom. The lowest BCUT2D eigenvalue weighted by Gasteiger charge is -2.23. The van der Waals surface area contributed by atoms with Crippen LogP contribution in [0.5, 0.6) is 5.75 Å². The number of benzene rings is 3. The molecule has 8 N–H and O–H groups in total. The second-order valence-corrected chi connectivity index (χ2v) is 12.7. The number of ether oxygens (including phenoxy) is 1. The first-order valence-corrected chi connectivity index (χ1v) is 16.7. The maximum atomic E-state index is 14.2. The van der Waals surface area contributed by atoms with Gasteiger partial charge in [0.25, 0.3) is 5.91 Å². The van der Waals surface area contributed by atoms with Gasteiger partial charge in [-0.1, -0.05) is 54.6 Å². The summed E-state index contributed by atoms with van der Waals surface area (Å²) in [6.45, 7) is 3.17. The van der Waals surface area contributed by atoms with Gasteiger partial charge < -0.3 is 32.6 Å². The van der Waals surface area contributed by atoms with E-state index in [1.54, 1.807) is 16.7 Å². The molecule has 5 aromatic rings. The van der Waals surface area contributed by atoms with Crippen LogP contribution in [0.4, 0.5) is 5.69 Å². The number of nitrogens with one attached hydrogen (secondary N) is 2. The van der Waals surface area contributed by atoms with Crippen LogP contribution < -0.4 is 32.6 Å². The van der Waals surface area contributed by atoms with Gasteiger partial charge in [0.2, 0.25) is 11.8 Å². The average molecular weight is 656 g/mol. The van der Waals surface area contributed by atoms with E-state index in [0.717, 1.165) is 49.4 Å². The Hall–Kier alpha value is -4.71. The molecule has 0 saturated heterocycles. The van der Waals surface area contributed by atoms with Gasteiger partial charge in [-0.25, -0.2) is 0 Å². The van der Waals surface area contributed by atoms with Gasteiger partial charge in [0.1, 0.15) is 16.7 Å².